The molecule has 2 heterocycles. The number of rotatable bonds is 5. The molecule has 6 nitrogen and oxygen atoms in total. The van der Waals surface area contributed by atoms with E-state index in [1.54, 1.807) is 35.9 Å². The molecule has 0 amide bonds. The van der Waals surface area contributed by atoms with E-state index in [1.807, 2.05) is 25.2 Å². The number of anilines is 2. The maximum Gasteiger partial charge on any atom is 0.183 e. The van der Waals surface area contributed by atoms with Crippen molar-refractivity contribution in [2.75, 3.05) is 17.7 Å². The van der Waals surface area contributed by atoms with E-state index >= 15 is 0 Å². The second-order valence-corrected chi connectivity index (χ2v) is 6.93. The van der Waals surface area contributed by atoms with Gasteiger partial charge >= 0.3 is 0 Å². The number of fused-ring (bicyclic) bond motifs is 1. The molecular formula is C20H16N6S. The third-order valence-corrected chi connectivity index (χ3v) is 5.12. The fraction of sp³-hybridized carbons (Fsp3) is 0.100. The summed E-state index contributed by atoms with van der Waals surface area (Å²) >= 11 is 1.63. The predicted molar refractivity (Wildman–Crippen MR) is 109 cm³/mol. The molecule has 0 unspecified atom stereocenters. The largest absolute Gasteiger partial charge is 0.365 e. The number of nitrogens with zero attached hydrogens (tertiary/aromatic N) is 4. The fourth-order valence-corrected chi connectivity index (χ4v) is 3.57. The summed E-state index contributed by atoms with van der Waals surface area (Å²) in [5.74, 6) is 0.706. The number of nitrogens with one attached hydrogen (secondary N) is 2. The molecule has 2 N–H and O–H groups in total. The van der Waals surface area contributed by atoms with Crippen molar-refractivity contribution in [1.82, 2.24) is 15.0 Å². The smallest absolute Gasteiger partial charge is 0.183 e. The zero-order valence-electron chi connectivity index (χ0n) is 14.6. The first kappa shape index (κ1) is 16.9. The average molecular weight is 372 g/mol. The molecule has 4 aromatic rings. The lowest BCUT2D eigenvalue weighted by Gasteiger charge is -2.07. The number of nitriles is 1. The highest BCUT2D eigenvalue weighted by Crippen LogP contribution is 2.26. The van der Waals surface area contributed by atoms with Gasteiger partial charge in [0.2, 0.25) is 0 Å². The van der Waals surface area contributed by atoms with Crippen LogP contribution in [0.25, 0.3) is 21.5 Å². The van der Waals surface area contributed by atoms with Gasteiger partial charge in [-0.2, -0.15) is 5.26 Å². The molecule has 27 heavy (non-hydrogen) atoms. The van der Waals surface area contributed by atoms with Crippen LogP contribution in [0.15, 0.2) is 54.9 Å². The van der Waals surface area contributed by atoms with Crippen LogP contribution in [0.2, 0.25) is 0 Å². The van der Waals surface area contributed by atoms with Crippen molar-refractivity contribution in [2.24, 2.45) is 0 Å². The van der Waals surface area contributed by atoms with Gasteiger partial charge in [-0.3, -0.25) is 4.98 Å². The molecule has 0 atom stereocenters. The molecule has 0 spiro atoms. The maximum atomic E-state index is 8.91. The van der Waals surface area contributed by atoms with Gasteiger partial charge in [-0.05, 0) is 29.8 Å². The highest BCUT2D eigenvalue weighted by Gasteiger charge is 2.05. The average Bonchev–Trinajstić information content (AvgIpc) is 3.15. The van der Waals surface area contributed by atoms with E-state index in [0.29, 0.717) is 17.9 Å². The topological polar surface area (TPSA) is 86.5 Å². The summed E-state index contributed by atoms with van der Waals surface area (Å²) in [5, 5.41) is 16.2. The standard InChI is InChI=1S/C20H16N6S/c1-22-20-26-16-7-4-14(8-18(16)27-20)10-24-19-12-23-11-17(25-19)15-5-2-13(9-21)3-6-15/h2-8,11-12H,10H2,1H3,(H,22,26)(H,24,25). The molecular weight excluding hydrogens is 356 g/mol. The number of aromatic nitrogens is 3. The van der Waals surface area contributed by atoms with E-state index in [4.69, 9.17) is 5.26 Å². The van der Waals surface area contributed by atoms with Gasteiger partial charge in [-0.15, -0.1) is 0 Å². The van der Waals surface area contributed by atoms with Crippen LogP contribution in [0.5, 0.6) is 0 Å². The van der Waals surface area contributed by atoms with E-state index < -0.39 is 0 Å². The maximum absolute atomic E-state index is 8.91. The molecule has 132 valence electrons. The second-order valence-electron chi connectivity index (χ2n) is 5.90. The van der Waals surface area contributed by atoms with Gasteiger partial charge in [0.05, 0.1) is 39.9 Å². The Bertz CT molecular complexity index is 1130. The summed E-state index contributed by atoms with van der Waals surface area (Å²) < 4.78 is 1.15. The monoisotopic (exact) mass is 372 g/mol. The minimum Gasteiger partial charge on any atom is -0.365 e. The molecule has 4 rings (SSSR count). The molecule has 0 bridgehead atoms. The van der Waals surface area contributed by atoms with Gasteiger partial charge in [-0.25, -0.2) is 9.97 Å². The molecule has 0 aliphatic heterocycles. The van der Waals surface area contributed by atoms with Crippen molar-refractivity contribution in [3.05, 3.63) is 66.0 Å². The van der Waals surface area contributed by atoms with Crippen molar-refractivity contribution in [1.29, 1.82) is 5.26 Å². The number of hydrogen-bond acceptors (Lipinski definition) is 7. The summed E-state index contributed by atoms with van der Waals surface area (Å²) in [4.78, 5) is 13.4. The summed E-state index contributed by atoms with van der Waals surface area (Å²) in [7, 11) is 1.87. The second kappa shape index (κ2) is 7.40. The third-order valence-electron chi connectivity index (χ3n) is 4.08. The Morgan fingerprint density at radius 1 is 1.07 bits per heavy atom. The van der Waals surface area contributed by atoms with Crippen LogP contribution < -0.4 is 10.6 Å². The van der Waals surface area contributed by atoms with Crippen LogP contribution in [0.1, 0.15) is 11.1 Å². The van der Waals surface area contributed by atoms with Crippen LogP contribution in [0.4, 0.5) is 10.9 Å². The first-order valence-electron chi connectivity index (χ1n) is 8.39. The first-order valence-corrected chi connectivity index (χ1v) is 9.20. The molecule has 0 saturated carbocycles. The number of benzene rings is 2. The van der Waals surface area contributed by atoms with Crippen molar-refractivity contribution in [3.8, 4) is 17.3 Å². The highest BCUT2D eigenvalue weighted by molar-refractivity contribution is 7.22. The van der Waals surface area contributed by atoms with Gasteiger partial charge in [0.1, 0.15) is 5.82 Å². The molecule has 7 heteroatoms. The lowest BCUT2D eigenvalue weighted by molar-refractivity contribution is 1.09. The van der Waals surface area contributed by atoms with Gasteiger partial charge in [-0.1, -0.05) is 29.5 Å². The van der Waals surface area contributed by atoms with E-state index in [9.17, 15) is 0 Å². The van der Waals surface area contributed by atoms with Gasteiger partial charge < -0.3 is 10.6 Å². The number of thiazole rings is 1. The van der Waals surface area contributed by atoms with Gasteiger partial charge in [0.15, 0.2) is 5.13 Å². The van der Waals surface area contributed by atoms with Gasteiger partial charge in [0.25, 0.3) is 0 Å². The zero-order valence-corrected chi connectivity index (χ0v) is 15.4. The van der Waals surface area contributed by atoms with E-state index in [-0.39, 0.29) is 0 Å². The predicted octanol–water partition coefficient (Wildman–Crippen LogP) is 4.28. The summed E-state index contributed by atoms with van der Waals surface area (Å²) in [6.45, 7) is 0.647. The quantitative estimate of drug-likeness (QED) is 0.544. The Kier molecular flexibility index (Phi) is 4.64. The Hall–Kier alpha value is -3.50. The Morgan fingerprint density at radius 3 is 2.70 bits per heavy atom. The van der Waals surface area contributed by atoms with E-state index in [2.05, 4.69) is 43.8 Å². The minimum atomic E-state index is 0.626. The van der Waals surface area contributed by atoms with Crippen LogP contribution in [-0.2, 0) is 6.54 Å². The van der Waals surface area contributed by atoms with Crippen LogP contribution >= 0.6 is 11.3 Å². The van der Waals surface area contributed by atoms with E-state index in [0.717, 1.165) is 32.2 Å². The SMILES string of the molecule is CNc1nc2ccc(CNc3cncc(-c4ccc(C#N)cc4)n3)cc2s1. The third kappa shape index (κ3) is 3.71. The van der Waals surface area contributed by atoms with Crippen LogP contribution in [0.3, 0.4) is 0 Å². The van der Waals surface area contributed by atoms with Crippen molar-refractivity contribution >= 4 is 32.5 Å². The van der Waals surface area contributed by atoms with Crippen molar-refractivity contribution < 1.29 is 0 Å². The normalized spacial score (nSPS) is 10.5. The molecule has 2 aromatic carbocycles. The lowest BCUT2D eigenvalue weighted by atomic mass is 10.1. The van der Waals surface area contributed by atoms with Gasteiger partial charge in [0, 0.05) is 19.2 Å². The van der Waals surface area contributed by atoms with Crippen molar-refractivity contribution in [3.63, 3.8) is 0 Å². The van der Waals surface area contributed by atoms with E-state index in [1.165, 1.54) is 0 Å². The van der Waals surface area contributed by atoms with Crippen LogP contribution in [-0.4, -0.2) is 22.0 Å². The Labute approximate surface area is 160 Å². The zero-order chi connectivity index (χ0) is 18.6. The Morgan fingerprint density at radius 2 is 1.93 bits per heavy atom. The fourth-order valence-electron chi connectivity index (χ4n) is 2.68. The Balaban J connectivity index is 1.50. The molecule has 2 aromatic heterocycles. The summed E-state index contributed by atoms with van der Waals surface area (Å²) in [6, 6.07) is 15.7. The molecule has 0 radical (unpaired) electrons. The highest BCUT2D eigenvalue weighted by atomic mass is 32.1. The summed E-state index contributed by atoms with van der Waals surface area (Å²) in [5.41, 5.74) is 4.47. The summed E-state index contributed by atoms with van der Waals surface area (Å²) in [6.07, 6.45) is 3.42. The molecule has 0 aliphatic rings. The molecule has 0 aliphatic carbocycles. The minimum absolute atomic E-state index is 0.626. The van der Waals surface area contributed by atoms with Crippen molar-refractivity contribution in [2.45, 2.75) is 6.54 Å². The molecule has 0 fully saturated rings. The molecule has 0 saturated heterocycles. The lowest BCUT2D eigenvalue weighted by Crippen LogP contribution is -2.02. The number of hydrogen-bond donors (Lipinski definition) is 2. The first-order chi connectivity index (χ1) is 13.2. The van der Waals surface area contributed by atoms with Crippen LogP contribution in [0, 0.1) is 11.3 Å².